The molecule has 0 bridgehead atoms. The number of nitrogens with zero attached hydrogens (tertiary/aromatic N) is 1. The van der Waals surface area contributed by atoms with Gasteiger partial charge in [-0.1, -0.05) is 19.8 Å². The van der Waals surface area contributed by atoms with Gasteiger partial charge in [0.25, 0.3) is 5.56 Å². The summed E-state index contributed by atoms with van der Waals surface area (Å²) < 4.78 is 1.53. The summed E-state index contributed by atoms with van der Waals surface area (Å²) in [6, 6.07) is 6.30. The van der Waals surface area contributed by atoms with Gasteiger partial charge in [-0.3, -0.25) is 9.36 Å². The van der Waals surface area contributed by atoms with E-state index in [0.717, 1.165) is 22.9 Å². The Bertz CT molecular complexity index is 796. The van der Waals surface area contributed by atoms with Crippen LogP contribution in [0.3, 0.4) is 0 Å². The average Bonchev–Trinajstić information content (AvgIpc) is 2.48. The van der Waals surface area contributed by atoms with Gasteiger partial charge in [0.2, 0.25) is 0 Å². The molecule has 0 saturated heterocycles. The van der Waals surface area contributed by atoms with Crippen LogP contribution >= 0.6 is 0 Å². The highest BCUT2D eigenvalue weighted by Crippen LogP contribution is 2.28. The highest BCUT2D eigenvalue weighted by Gasteiger charge is 2.16. The molecule has 4 nitrogen and oxygen atoms in total. The molecule has 1 aromatic heterocycles. The smallest absolute Gasteiger partial charge is 0.335 e. The number of carbonyl (C=O) groups is 1. The molecule has 0 aliphatic carbocycles. The van der Waals surface area contributed by atoms with Crippen molar-refractivity contribution in [3.8, 4) is 12.3 Å². The lowest BCUT2D eigenvalue weighted by Crippen LogP contribution is -2.20. The number of hydrogen-bond donors (Lipinski definition) is 1. The van der Waals surface area contributed by atoms with Gasteiger partial charge in [0.1, 0.15) is 0 Å². The second-order valence-corrected chi connectivity index (χ2v) is 5.08. The van der Waals surface area contributed by atoms with E-state index in [4.69, 9.17) is 6.42 Å². The second kappa shape index (κ2) is 5.84. The summed E-state index contributed by atoms with van der Waals surface area (Å²) >= 11 is 0. The van der Waals surface area contributed by atoms with Crippen molar-refractivity contribution in [3.63, 3.8) is 0 Å². The third-order valence-electron chi connectivity index (χ3n) is 3.75. The predicted molar refractivity (Wildman–Crippen MR) is 82.7 cm³/mol. The van der Waals surface area contributed by atoms with E-state index in [2.05, 4.69) is 5.92 Å². The summed E-state index contributed by atoms with van der Waals surface area (Å²) in [5.74, 6) is 1.65. The molecular formula is C17H17NO3. The van der Waals surface area contributed by atoms with E-state index < -0.39 is 5.97 Å². The Morgan fingerprint density at radius 3 is 2.71 bits per heavy atom. The number of terminal acetylenes is 1. The van der Waals surface area contributed by atoms with Crippen molar-refractivity contribution in [2.75, 3.05) is 0 Å². The van der Waals surface area contributed by atoms with Crippen LogP contribution in [0.15, 0.2) is 29.1 Å². The first kappa shape index (κ1) is 14.9. The average molecular weight is 283 g/mol. The Balaban J connectivity index is 2.92. The van der Waals surface area contributed by atoms with Crippen LogP contribution in [0.5, 0.6) is 0 Å². The Kier molecular flexibility index (Phi) is 4.13. The number of aromatic nitrogens is 1. The molecule has 0 amide bonds. The summed E-state index contributed by atoms with van der Waals surface area (Å²) in [6.07, 6.45) is 6.20. The number of pyridine rings is 1. The van der Waals surface area contributed by atoms with E-state index in [1.165, 1.54) is 10.6 Å². The van der Waals surface area contributed by atoms with Gasteiger partial charge in [0.05, 0.1) is 17.6 Å². The molecule has 1 heterocycles. The van der Waals surface area contributed by atoms with Crippen molar-refractivity contribution in [2.45, 2.75) is 32.7 Å². The molecule has 0 aliphatic heterocycles. The van der Waals surface area contributed by atoms with Crippen LogP contribution in [0.2, 0.25) is 0 Å². The van der Waals surface area contributed by atoms with Gasteiger partial charge in [0.15, 0.2) is 0 Å². The van der Waals surface area contributed by atoms with Gasteiger partial charge in [0, 0.05) is 6.07 Å². The van der Waals surface area contributed by atoms with Crippen molar-refractivity contribution >= 4 is 16.9 Å². The molecule has 1 N–H and O–H groups in total. The van der Waals surface area contributed by atoms with Gasteiger partial charge in [-0.2, -0.15) is 0 Å². The van der Waals surface area contributed by atoms with Crippen LogP contribution in [-0.4, -0.2) is 15.6 Å². The Morgan fingerprint density at radius 1 is 1.43 bits per heavy atom. The second-order valence-electron chi connectivity index (χ2n) is 5.08. The first-order chi connectivity index (χ1) is 9.99. The van der Waals surface area contributed by atoms with Crippen LogP contribution in [0.4, 0.5) is 0 Å². The molecule has 108 valence electrons. The van der Waals surface area contributed by atoms with Crippen molar-refractivity contribution in [1.29, 1.82) is 0 Å². The highest BCUT2D eigenvalue weighted by molar-refractivity contribution is 5.95. The molecule has 2 rings (SSSR count). The molecule has 0 spiro atoms. The Hall–Kier alpha value is -2.54. The first-order valence-electron chi connectivity index (χ1n) is 6.83. The van der Waals surface area contributed by atoms with E-state index in [-0.39, 0.29) is 23.6 Å². The Morgan fingerprint density at radius 2 is 2.14 bits per heavy atom. The fourth-order valence-corrected chi connectivity index (χ4v) is 2.45. The monoisotopic (exact) mass is 283 g/mol. The molecule has 1 atom stereocenters. The first-order valence-corrected chi connectivity index (χ1v) is 6.83. The van der Waals surface area contributed by atoms with Gasteiger partial charge >= 0.3 is 5.97 Å². The summed E-state index contributed by atoms with van der Waals surface area (Å²) in [6.45, 7) is 4.21. The summed E-state index contributed by atoms with van der Waals surface area (Å²) in [5, 5.41) is 9.97. The zero-order chi connectivity index (χ0) is 15.6. The van der Waals surface area contributed by atoms with E-state index >= 15 is 0 Å². The molecule has 0 fully saturated rings. The lowest BCUT2D eigenvalue weighted by molar-refractivity contribution is 0.0697. The van der Waals surface area contributed by atoms with Gasteiger partial charge < -0.3 is 5.11 Å². The van der Waals surface area contributed by atoms with Crippen molar-refractivity contribution in [1.82, 2.24) is 4.57 Å². The topological polar surface area (TPSA) is 59.3 Å². The molecule has 0 radical (unpaired) electrons. The standard InChI is InChI=1S/C17H17NO3/c1-4-8-18-15(19)7-6-12-9-13(17(20)21)10-14(16(12)18)11(3)5-2/h1,6-7,9-11H,5,8H2,2-3H3,(H,20,21). The third-order valence-corrected chi connectivity index (χ3v) is 3.75. The van der Waals surface area contributed by atoms with Crippen molar-refractivity contribution < 1.29 is 9.90 Å². The Labute approximate surface area is 123 Å². The number of aromatic carboxylic acids is 1. The molecule has 1 aromatic carbocycles. The number of carboxylic acid groups (broad SMARTS) is 1. The quantitative estimate of drug-likeness (QED) is 0.878. The molecule has 0 aliphatic rings. The number of benzene rings is 1. The number of rotatable bonds is 4. The molecule has 21 heavy (non-hydrogen) atoms. The minimum absolute atomic E-state index is 0.137. The SMILES string of the molecule is C#CCn1c(=O)ccc2cc(C(=O)O)cc(C(C)CC)c21. The summed E-state index contributed by atoms with van der Waals surface area (Å²) in [7, 11) is 0. The number of fused-ring (bicyclic) bond motifs is 1. The van der Waals surface area contributed by atoms with Crippen molar-refractivity contribution in [2.24, 2.45) is 0 Å². The van der Waals surface area contributed by atoms with Crippen LogP contribution in [0, 0.1) is 12.3 Å². The maximum absolute atomic E-state index is 12.1. The molecule has 2 aromatic rings. The minimum Gasteiger partial charge on any atom is -0.478 e. The van der Waals surface area contributed by atoms with Crippen LogP contribution in [0.25, 0.3) is 10.9 Å². The normalized spacial score (nSPS) is 12.0. The minimum atomic E-state index is -0.976. The lowest BCUT2D eigenvalue weighted by atomic mass is 9.93. The highest BCUT2D eigenvalue weighted by atomic mass is 16.4. The van der Waals surface area contributed by atoms with Gasteiger partial charge in [-0.05, 0) is 41.5 Å². The lowest BCUT2D eigenvalue weighted by Gasteiger charge is -2.17. The fourth-order valence-electron chi connectivity index (χ4n) is 2.45. The predicted octanol–water partition coefficient (Wildman–Crippen LogP) is 2.85. The number of hydrogen-bond acceptors (Lipinski definition) is 2. The maximum Gasteiger partial charge on any atom is 0.335 e. The maximum atomic E-state index is 12.1. The van der Waals surface area contributed by atoms with Gasteiger partial charge in [-0.15, -0.1) is 6.42 Å². The summed E-state index contributed by atoms with van der Waals surface area (Å²) in [4.78, 5) is 23.3. The zero-order valence-electron chi connectivity index (χ0n) is 12.1. The molecule has 4 heteroatoms. The summed E-state index contributed by atoms with van der Waals surface area (Å²) in [5.41, 5.74) is 1.64. The number of carboxylic acids is 1. The molecule has 1 unspecified atom stereocenters. The third kappa shape index (κ3) is 2.68. The zero-order valence-corrected chi connectivity index (χ0v) is 12.1. The van der Waals surface area contributed by atoms with E-state index in [1.807, 2.05) is 13.8 Å². The van der Waals surface area contributed by atoms with Gasteiger partial charge in [-0.25, -0.2) is 4.79 Å². The van der Waals surface area contributed by atoms with Crippen LogP contribution in [0.1, 0.15) is 42.1 Å². The van der Waals surface area contributed by atoms with Crippen molar-refractivity contribution in [3.05, 3.63) is 45.7 Å². The van der Waals surface area contributed by atoms with Crippen LogP contribution in [-0.2, 0) is 6.54 Å². The van der Waals surface area contributed by atoms with E-state index in [1.54, 1.807) is 18.2 Å². The molecular weight excluding hydrogens is 266 g/mol. The van der Waals surface area contributed by atoms with E-state index in [9.17, 15) is 14.7 Å². The fraction of sp³-hybridized carbons (Fsp3) is 0.294. The molecule has 0 saturated carbocycles. The largest absolute Gasteiger partial charge is 0.478 e. The van der Waals surface area contributed by atoms with E-state index in [0.29, 0.717) is 0 Å². The van der Waals surface area contributed by atoms with Crippen LogP contribution < -0.4 is 5.56 Å².